The van der Waals surface area contributed by atoms with Gasteiger partial charge in [-0.3, -0.25) is 19.2 Å². The van der Waals surface area contributed by atoms with Crippen LogP contribution in [0.3, 0.4) is 0 Å². The maximum absolute atomic E-state index is 13.0. The van der Waals surface area contributed by atoms with Gasteiger partial charge in [0.1, 0.15) is 12.4 Å². The topological polar surface area (TPSA) is 146 Å². The fourth-order valence-electron chi connectivity index (χ4n) is 4.30. The molecule has 1 aromatic carbocycles. The third-order valence-electron chi connectivity index (χ3n) is 5.68. The van der Waals surface area contributed by atoms with Gasteiger partial charge >= 0.3 is 0 Å². The molecule has 0 radical (unpaired) electrons. The van der Waals surface area contributed by atoms with Gasteiger partial charge in [0, 0.05) is 19.7 Å². The highest BCUT2D eigenvalue weighted by Crippen LogP contribution is 2.43. The first-order valence-corrected chi connectivity index (χ1v) is 10.7. The largest absolute Gasteiger partial charge is 0.497 e. The molecule has 2 fully saturated rings. The summed E-state index contributed by atoms with van der Waals surface area (Å²) >= 11 is 0. The van der Waals surface area contributed by atoms with Crippen molar-refractivity contribution in [1.29, 1.82) is 0 Å². The number of amides is 3. The van der Waals surface area contributed by atoms with Gasteiger partial charge in [0.2, 0.25) is 17.7 Å². The standard InChI is InChI=1S/C21H29N3O6.CH2O2/c1-3-30-9-8-22-21(28)17-10-15-11-23(19(27)13-25)12-18(26)24(15)20(17)14-4-6-16(29-2)7-5-14;2-1-3/h4-7,15,17,20,25H,3,8-13H2,1-2H3,(H,22,28);1H,(H,2,3)/t15-,17-,20-;/m0./s1. The number of benzene rings is 1. The highest BCUT2D eigenvalue weighted by atomic mass is 16.5. The van der Waals surface area contributed by atoms with Crippen LogP contribution in [-0.4, -0.2) is 96.8 Å². The van der Waals surface area contributed by atoms with E-state index in [0.717, 1.165) is 5.56 Å². The molecule has 2 heterocycles. The Bertz CT molecular complexity index is 816. The Labute approximate surface area is 192 Å². The molecule has 2 aliphatic rings. The lowest BCUT2D eigenvalue weighted by atomic mass is 9.92. The van der Waals surface area contributed by atoms with Gasteiger partial charge in [0.15, 0.2) is 0 Å². The molecule has 0 spiro atoms. The maximum atomic E-state index is 13.0. The van der Waals surface area contributed by atoms with E-state index in [4.69, 9.17) is 19.4 Å². The minimum atomic E-state index is -0.636. The fourth-order valence-corrected chi connectivity index (χ4v) is 4.30. The number of piperazine rings is 1. The van der Waals surface area contributed by atoms with Crippen molar-refractivity contribution in [3.8, 4) is 5.75 Å². The van der Waals surface area contributed by atoms with E-state index in [2.05, 4.69) is 5.32 Å². The quantitative estimate of drug-likeness (QED) is 0.349. The van der Waals surface area contributed by atoms with Crippen molar-refractivity contribution in [1.82, 2.24) is 15.1 Å². The summed E-state index contributed by atoms with van der Waals surface area (Å²) in [4.78, 5) is 49.3. The molecule has 3 rings (SSSR count). The number of carbonyl (C=O) groups excluding carboxylic acids is 3. The van der Waals surface area contributed by atoms with Crippen LogP contribution >= 0.6 is 0 Å². The average molecular weight is 466 g/mol. The number of hydrogen-bond acceptors (Lipinski definition) is 7. The van der Waals surface area contributed by atoms with E-state index in [-0.39, 0.29) is 30.9 Å². The molecule has 3 atom stereocenters. The second-order valence-electron chi connectivity index (χ2n) is 7.54. The van der Waals surface area contributed by atoms with E-state index in [0.29, 0.717) is 38.5 Å². The summed E-state index contributed by atoms with van der Waals surface area (Å²) in [7, 11) is 1.58. The number of rotatable bonds is 8. The number of carboxylic acid groups (broad SMARTS) is 1. The first kappa shape index (κ1) is 26.1. The van der Waals surface area contributed by atoms with Crippen LogP contribution in [0.1, 0.15) is 24.9 Å². The Morgan fingerprint density at radius 3 is 2.52 bits per heavy atom. The number of nitrogens with zero attached hydrogens (tertiary/aromatic N) is 2. The average Bonchev–Trinajstić information content (AvgIpc) is 3.22. The Kier molecular flexibility index (Phi) is 10.1. The van der Waals surface area contributed by atoms with Crippen molar-refractivity contribution in [2.45, 2.75) is 25.4 Å². The predicted octanol–water partition coefficient (Wildman–Crippen LogP) is -0.359. The second kappa shape index (κ2) is 12.8. The number of fused-ring (bicyclic) bond motifs is 1. The lowest BCUT2D eigenvalue weighted by molar-refractivity contribution is -0.150. The number of hydrogen-bond donors (Lipinski definition) is 3. The number of aliphatic hydroxyl groups is 1. The van der Waals surface area contributed by atoms with Gasteiger partial charge in [-0.1, -0.05) is 12.1 Å². The van der Waals surface area contributed by atoms with E-state index in [9.17, 15) is 19.5 Å². The smallest absolute Gasteiger partial charge is 0.290 e. The maximum Gasteiger partial charge on any atom is 0.290 e. The Hall–Kier alpha value is -3.18. The van der Waals surface area contributed by atoms with Crippen LogP contribution in [0.25, 0.3) is 0 Å². The van der Waals surface area contributed by atoms with Crippen molar-refractivity contribution in [2.75, 3.05) is 46.6 Å². The molecule has 3 N–H and O–H groups in total. The summed E-state index contributed by atoms with van der Waals surface area (Å²) < 4.78 is 10.5. The zero-order valence-electron chi connectivity index (χ0n) is 18.8. The second-order valence-corrected chi connectivity index (χ2v) is 7.54. The van der Waals surface area contributed by atoms with Gasteiger partial charge in [-0.2, -0.15) is 0 Å². The summed E-state index contributed by atoms with van der Waals surface area (Å²) in [6.07, 6.45) is 0.443. The number of methoxy groups -OCH3 is 1. The van der Waals surface area contributed by atoms with E-state index in [1.807, 2.05) is 31.2 Å². The number of aliphatic hydroxyl groups excluding tert-OH is 1. The molecule has 182 valence electrons. The zero-order chi connectivity index (χ0) is 24.4. The Morgan fingerprint density at radius 1 is 1.27 bits per heavy atom. The first-order chi connectivity index (χ1) is 15.9. The first-order valence-electron chi connectivity index (χ1n) is 10.7. The van der Waals surface area contributed by atoms with Gasteiger partial charge in [0.25, 0.3) is 6.47 Å². The van der Waals surface area contributed by atoms with Crippen LogP contribution in [-0.2, 0) is 23.9 Å². The molecule has 0 saturated carbocycles. The summed E-state index contributed by atoms with van der Waals surface area (Å²) in [6.45, 7) is 2.61. The molecule has 1 aromatic rings. The normalized spacial score (nSPS) is 21.5. The summed E-state index contributed by atoms with van der Waals surface area (Å²) in [5, 5.41) is 19.0. The fraction of sp³-hybridized carbons (Fsp3) is 0.545. The molecule has 11 nitrogen and oxygen atoms in total. The summed E-state index contributed by atoms with van der Waals surface area (Å²) in [5.41, 5.74) is 0.846. The number of carbonyl (C=O) groups is 4. The van der Waals surface area contributed by atoms with Crippen LogP contribution in [0.2, 0.25) is 0 Å². The van der Waals surface area contributed by atoms with Crippen molar-refractivity contribution in [3.05, 3.63) is 29.8 Å². The van der Waals surface area contributed by atoms with Crippen LogP contribution < -0.4 is 10.1 Å². The highest BCUT2D eigenvalue weighted by molar-refractivity contribution is 5.89. The molecule has 0 unspecified atom stereocenters. The third kappa shape index (κ3) is 6.42. The van der Waals surface area contributed by atoms with Crippen LogP contribution in [0.4, 0.5) is 0 Å². The number of ether oxygens (including phenoxy) is 2. The molecular formula is C22H31N3O8. The molecule has 2 saturated heterocycles. The van der Waals surface area contributed by atoms with Crippen LogP contribution in [0.15, 0.2) is 24.3 Å². The molecule has 0 bridgehead atoms. The van der Waals surface area contributed by atoms with E-state index in [1.165, 1.54) is 4.90 Å². The van der Waals surface area contributed by atoms with Crippen molar-refractivity contribution in [3.63, 3.8) is 0 Å². The molecule has 2 aliphatic heterocycles. The SMILES string of the molecule is CCOCCNC(=O)[C@H]1C[C@H]2CN(C(=O)CO)CC(=O)N2[C@H]1c1ccc(OC)cc1.O=CO. The Morgan fingerprint density at radius 2 is 1.94 bits per heavy atom. The molecular weight excluding hydrogens is 434 g/mol. The van der Waals surface area contributed by atoms with Crippen molar-refractivity contribution in [2.24, 2.45) is 5.92 Å². The van der Waals surface area contributed by atoms with Crippen LogP contribution in [0.5, 0.6) is 5.75 Å². The molecule has 33 heavy (non-hydrogen) atoms. The minimum absolute atomic E-state index is 0.0960. The van der Waals surface area contributed by atoms with Gasteiger partial charge in [-0.05, 0) is 31.0 Å². The molecule has 0 aliphatic carbocycles. The zero-order valence-corrected chi connectivity index (χ0v) is 18.8. The third-order valence-corrected chi connectivity index (χ3v) is 5.68. The Balaban J connectivity index is 0.00000122. The lowest BCUT2D eigenvalue weighted by Crippen LogP contribution is -2.56. The van der Waals surface area contributed by atoms with E-state index >= 15 is 0 Å². The summed E-state index contributed by atoms with van der Waals surface area (Å²) in [5.74, 6) is -0.598. The van der Waals surface area contributed by atoms with Gasteiger partial charge in [-0.15, -0.1) is 0 Å². The summed E-state index contributed by atoms with van der Waals surface area (Å²) in [6, 6.07) is 6.64. The van der Waals surface area contributed by atoms with Crippen LogP contribution in [0, 0.1) is 5.92 Å². The monoisotopic (exact) mass is 465 g/mol. The predicted molar refractivity (Wildman–Crippen MR) is 116 cm³/mol. The highest BCUT2D eigenvalue weighted by Gasteiger charge is 2.50. The number of nitrogens with one attached hydrogen (secondary N) is 1. The van der Waals surface area contributed by atoms with Crippen molar-refractivity contribution < 1.29 is 38.9 Å². The van der Waals surface area contributed by atoms with Gasteiger partial charge in [0.05, 0.1) is 38.3 Å². The minimum Gasteiger partial charge on any atom is -0.497 e. The van der Waals surface area contributed by atoms with E-state index < -0.39 is 24.5 Å². The van der Waals surface area contributed by atoms with Crippen molar-refractivity contribution >= 4 is 24.2 Å². The molecule has 11 heteroatoms. The van der Waals surface area contributed by atoms with Gasteiger partial charge in [-0.25, -0.2) is 0 Å². The van der Waals surface area contributed by atoms with Gasteiger partial charge < -0.3 is 34.8 Å². The molecule has 0 aromatic heterocycles. The lowest BCUT2D eigenvalue weighted by Gasteiger charge is -2.40. The molecule has 3 amide bonds. The van der Waals surface area contributed by atoms with E-state index in [1.54, 1.807) is 12.0 Å².